The molecule has 11 nitrogen and oxygen atoms in total. The molecule has 2 aromatic heterocycles. The molecule has 0 aromatic carbocycles. The Morgan fingerprint density at radius 2 is 2.05 bits per heavy atom. The number of anilines is 2. The largest absolute Gasteiger partial charge is 0.382 e. The Labute approximate surface area is 113 Å². The summed E-state index contributed by atoms with van der Waals surface area (Å²) in [5.41, 5.74) is 11.6. The first kappa shape index (κ1) is 14.6. The van der Waals surface area contributed by atoms with Gasteiger partial charge in [-0.3, -0.25) is 4.57 Å². The SMILES string of the molecule is CC(Cn1nc2nc(N)nc(N)c2n1)OCP(=O)(O)O. The van der Waals surface area contributed by atoms with Crippen molar-refractivity contribution in [3.8, 4) is 0 Å². The van der Waals surface area contributed by atoms with E-state index in [0.717, 1.165) is 0 Å². The summed E-state index contributed by atoms with van der Waals surface area (Å²) >= 11 is 0. The highest BCUT2D eigenvalue weighted by Crippen LogP contribution is 2.34. The molecule has 20 heavy (non-hydrogen) atoms. The van der Waals surface area contributed by atoms with E-state index < -0.39 is 20.0 Å². The van der Waals surface area contributed by atoms with E-state index in [2.05, 4.69) is 20.2 Å². The summed E-state index contributed by atoms with van der Waals surface area (Å²) < 4.78 is 15.7. The van der Waals surface area contributed by atoms with E-state index in [4.69, 9.17) is 26.0 Å². The van der Waals surface area contributed by atoms with Gasteiger partial charge in [-0.05, 0) is 6.92 Å². The van der Waals surface area contributed by atoms with E-state index >= 15 is 0 Å². The Morgan fingerprint density at radius 1 is 1.35 bits per heavy atom. The number of rotatable bonds is 5. The number of hydrogen-bond donors (Lipinski definition) is 4. The molecule has 0 saturated heterocycles. The Kier molecular flexibility index (Phi) is 3.86. The van der Waals surface area contributed by atoms with Crippen molar-refractivity contribution in [2.45, 2.75) is 19.6 Å². The predicted octanol–water partition coefficient (Wildman–Crippen LogP) is -1.07. The van der Waals surface area contributed by atoms with Gasteiger partial charge in [0.15, 0.2) is 11.3 Å². The molecule has 0 amide bonds. The number of aromatic nitrogens is 5. The van der Waals surface area contributed by atoms with Gasteiger partial charge in [-0.1, -0.05) is 0 Å². The van der Waals surface area contributed by atoms with Crippen LogP contribution in [-0.2, 0) is 15.8 Å². The normalized spacial score (nSPS) is 13.8. The summed E-state index contributed by atoms with van der Waals surface area (Å²) in [6.07, 6.45) is -1.17. The van der Waals surface area contributed by atoms with Gasteiger partial charge in [-0.2, -0.15) is 14.8 Å². The fourth-order valence-corrected chi connectivity index (χ4v) is 1.93. The van der Waals surface area contributed by atoms with Crippen LogP contribution in [0.15, 0.2) is 0 Å². The Morgan fingerprint density at radius 3 is 2.70 bits per heavy atom. The van der Waals surface area contributed by atoms with Crippen LogP contribution >= 0.6 is 7.60 Å². The molecular weight excluding hydrogens is 289 g/mol. The quantitative estimate of drug-likeness (QED) is 0.497. The number of hydrogen-bond acceptors (Lipinski definition) is 8. The molecule has 0 aliphatic rings. The molecule has 0 aliphatic carbocycles. The van der Waals surface area contributed by atoms with Crippen LogP contribution in [0.5, 0.6) is 0 Å². The van der Waals surface area contributed by atoms with Crippen LogP contribution in [0.3, 0.4) is 0 Å². The summed E-state index contributed by atoms with van der Waals surface area (Å²) in [5, 5.41) is 8.10. The maximum atomic E-state index is 10.7. The van der Waals surface area contributed by atoms with E-state index in [1.807, 2.05) is 0 Å². The van der Waals surface area contributed by atoms with Gasteiger partial charge in [0.2, 0.25) is 11.6 Å². The van der Waals surface area contributed by atoms with E-state index in [1.54, 1.807) is 6.92 Å². The maximum absolute atomic E-state index is 10.7. The van der Waals surface area contributed by atoms with Gasteiger partial charge in [-0.25, -0.2) is 0 Å². The molecule has 2 aromatic rings. The standard InChI is InChI=1S/C8H14N7O4P/c1-4(19-3-20(16,17)18)2-15-13-5-6(9)11-8(10)12-7(5)14-15/h4H,2-3H2,1H3,(H2,16,17,18)(H4,9,10,11,12,14). The fraction of sp³-hybridized carbons (Fsp3) is 0.500. The second-order valence-electron chi connectivity index (χ2n) is 4.17. The second kappa shape index (κ2) is 5.29. The first-order valence-corrected chi connectivity index (χ1v) is 7.34. The Balaban J connectivity index is 2.10. The topological polar surface area (TPSA) is 175 Å². The summed E-state index contributed by atoms with van der Waals surface area (Å²) in [6, 6.07) is 0. The second-order valence-corrected chi connectivity index (χ2v) is 5.75. The van der Waals surface area contributed by atoms with Crippen LogP contribution in [0.1, 0.15) is 6.92 Å². The minimum absolute atomic E-state index is 0.00662. The van der Waals surface area contributed by atoms with Crippen LogP contribution in [-0.4, -0.2) is 47.2 Å². The van der Waals surface area contributed by atoms with Gasteiger partial charge in [0.05, 0.1) is 12.6 Å². The highest BCUT2D eigenvalue weighted by molar-refractivity contribution is 7.51. The van der Waals surface area contributed by atoms with Gasteiger partial charge in [0.1, 0.15) is 6.35 Å². The summed E-state index contributed by atoms with van der Waals surface area (Å²) in [4.78, 5) is 26.3. The molecule has 12 heteroatoms. The zero-order valence-electron chi connectivity index (χ0n) is 10.5. The third kappa shape index (κ3) is 3.61. The van der Waals surface area contributed by atoms with E-state index in [-0.39, 0.29) is 24.0 Å². The first-order chi connectivity index (χ1) is 9.24. The predicted molar refractivity (Wildman–Crippen MR) is 69.4 cm³/mol. The zero-order chi connectivity index (χ0) is 14.9. The molecule has 2 heterocycles. The monoisotopic (exact) mass is 303 g/mol. The van der Waals surface area contributed by atoms with Crippen molar-refractivity contribution in [1.82, 2.24) is 25.0 Å². The smallest absolute Gasteiger partial charge is 0.350 e. The van der Waals surface area contributed by atoms with Crippen LogP contribution in [0.2, 0.25) is 0 Å². The van der Waals surface area contributed by atoms with E-state index in [1.165, 1.54) is 4.80 Å². The summed E-state index contributed by atoms with van der Waals surface area (Å²) in [7, 11) is -4.20. The molecule has 0 saturated carbocycles. The highest BCUT2D eigenvalue weighted by atomic mass is 31.2. The molecule has 1 atom stereocenters. The van der Waals surface area contributed by atoms with Crippen LogP contribution in [0.4, 0.5) is 11.8 Å². The number of nitrogens with zero attached hydrogens (tertiary/aromatic N) is 5. The molecule has 0 bridgehead atoms. The number of nitrogen functional groups attached to an aromatic ring is 2. The van der Waals surface area contributed by atoms with Crippen molar-refractivity contribution < 1.29 is 19.1 Å². The van der Waals surface area contributed by atoms with E-state index in [9.17, 15) is 4.57 Å². The molecule has 1 unspecified atom stereocenters. The average Bonchev–Trinajstić information content (AvgIpc) is 2.68. The van der Waals surface area contributed by atoms with Crippen LogP contribution in [0.25, 0.3) is 11.2 Å². The van der Waals surface area contributed by atoms with Crippen LogP contribution in [0, 0.1) is 0 Å². The maximum Gasteiger partial charge on any atom is 0.350 e. The zero-order valence-corrected chi connectivity index (χ0v) is 11.4. The Hall–Kier alpha value is -1.81. The average molecular weight is 303 g/mol. The van der Waals surface area contributed by atoms with Crippen molar-refractivity contribution in [3.63, 3.8) is 0 Å². The van der Waals surface area contributed by atoms with Gasteiger partial charge >= 0.3 is 7.60 Å². The van der Waals surface area contributed by atoms with Gasteiger partial charge < -0.3 is 26.0 Å². The lowest BCUT2D eigenvalue weighted by molar-refractivity contribution is 0.0700. The molecule has 0 aliphatic heterocycles. The first-order valence-electron chi connectivity index (χ1n) is 5.54. The number of nitrogens with two attached hydrogens (primary N) is 2. The minimum Gasteiger partial charge on any atom is -0.382 e. The molecule has 0 fully saturated rings. The van der Waals surface area contributed by atoms with Crippen molar-refractivity contribution >= 4 is 30.5 Å². The molecule has 0 spiro atoms. The molecular formula is C8H14N7O4P. The van der Waals surface area contributed by atoms with Gasteiger partial charge in [-0.15, -0.1) is 10.2 Å². The number of fused-ring (bicyclic) bond motifs is 1. The minimum atomic E-state index is -4.20. The molecule has 110 valence electrons. The molecule has 6 N–H and O–H groups in total. The summed E-state index contributed by atoms with van der Waals surface area (Å²) in [6.45, 7) is 1.81. The Bertz CT molecular complexity index is 668. The lowest BCUT2D eigenvalue weighted by atomic mass is 10.4. The molecule has 2 rings (SSSR count). The van der Waals surface area contributed by atoms with Crippen molar-refractivity contribution in [2.24, 2.45) is 0 Å². The highest BCUT2D eigenvalue weighted by Gasteiger charge is 2.17. The van der Waals surface area contributed by atoms with Crippen molar-refractivity contribution in [2.75, 3.05) is 17.8 Å². The van der Waals surface area contributed by atoms with Crippen molar-refractivity contribution in [1.29, 1.82) is 0 Å². The van der Waals surface area contributed by atoms with Gasteiger partial charge in [0.25, 0.3) is 0 Å². The van der Waals surface area contributed by atoms with Gasteiger partial charge in [0, 0.05) is 0 Å². The van der Waals surface area contributed by atoms with Crippen molar-refractivity contribution in [3.05, 3.63) is 0 Å². The third-order valence-electron chi connectivity index (χ3n) is 2.28. The summed E-state index contributed by atoms with van der Waals surface area (Å²) in [5.74, 6) is 0.107. The lowest BCUT2D eigenvalue weighted by Gasteiger charge is -2.12. The van der Waals surface area contributed by atoms with Crippen LogP contribution < -0.4 is 11.5 Å². The lowest BCUT2D eigenvalue weighted by Crippen LogP contribution is -2.19. The fourth-order valence-electron chi connectivity index (χ4n) is 1.48. The van der Waals surface area contributed by atoms with E-state index in [0.29, 0.717) is 5.52 Å². The number of ether oxygens (including phenoxy) is 1. The molecule has 0 radical (unpaired) electrons. The third-order valence-corrected chi connectivity index (χ3v) is 2.77.